The smallest absolute Gasteiger partial charge is 0.315 e. The minimum atomic E-state index is -0.756. The van der Waals surface area contributed by atoms with E-state index in [1.165, 1.54) is 13.2 Å². The first-order valence-corrected chi connectivity index (χ1v) is 9.10. The van der Waals surface area contributed by atoms with Crippen LogP contribution in [0.3, 0.4) is 0 Å². The molecule has 0 fully saturated rings. The van der Waals surface area contributed by atoms with E-state index in [4.69, 9.17) is 11.6 Å². The van der Waals surface area contributed by atoms with E-state index < -0.39 is 23.6 Å². The largest absolute Gasteiger partial charge is 0.468 e. The minimum Gasteiger partial charge on any atom is -0.468 e. The molecular formula is C17H15ClFNO4S. The van der Waals surface area contributed by atoms with E-state index in [0.717, 1.165) is 35.6 Å². The van der Waals surface area contributed by atoms with Gasteiger partial charge >= 0.3 is 5.97 Å². The molecular weight excluding hydrogens is 369 g/mol. The molecule has 3 rings (SSSR count). The van der Waals surface area contributed by atoms with E-state index >= 15 is 0 Å². The lowest BCUT2D eigenvalue weighted by atomic mass is 9.93. The highest BCUT2D eigenvalue weighted by Crippen LogP contribution is 2.39. The van der Waals surface area contributed by atoms with Crippen molar-refractivity contribution in [2.24, 2.45) is 0 Å². The SMILES string of the molecule is COC(=O)CSc1cc(N2C(=O)C3=C(CCCC3)C2=O)c(F)cc1Cl. The van der Waals surface area contributed by atoms with E-state index in [1.807, 2.05) is 0 Å². The maximum Gasteiger partial charge on any atom is 0.315 e. The number of rotatable bonds is 4. The molecule has 1 aliphatic heterocycles. The summed E-state index contributed by atoms with van der Waals surface area (Å²) in [7, 11) is 1.26. The first kappa shape index (κ1) is 17.9. The molecule has 0 spiro atoms. The van der Waals surface area contributed by atoms with Crippen molar-refractivity contribution < 1.29 is 23.5 Å². The number of halogens is 2. The lowest BCUT2D eigenvalue weighted by Crippen LogP contribution is -2.32. The third-order valence-electron chi connectivity index (χ3n) is 4.21. The fourth-order valence-corrected chi connectivity index (χ4v) is 4.05. The van der Waals surface area contributed by atoms with Gasteiger partial charge in [0.25, 0.3) is 11.8 Å². The van der Waals surface area contributed by atoms with Gasteiger partial charge in [-0.3, -0.25) is 14.4 Å². The predicted molar refractivity (Wildman–Crippen MR) is 92.1 cm³/mol. The number of carbonyl (C=O) groups excluding carboxylic acids is 3. The van der Waals surface area contributed by atoms with Crippen LogP contribution in [0.4, 0.5) is 10.1 Å². The fourth-order valence-electron chi connectivity index (χ4n) is 2.95. The Morgan fingerprint density at radius 3 is 2.40 bits per heavy atom. The molecule has 1 heterocycles. The van der Waals surface area contributed by atoms with Crippen LogP contribution in [0.2, 0.25) is 5.02 Å². The van der Waals surface area contributed by atoms with Gasteiger partial charge in [0.2, 0.25) is 0 Å². The first-order valence-electron chi connectivity index (χ1n) is 7.73. The number of esters is 1. The number of benzene rings is 1. The summed E-state index contributed by atoms with van der Waals surface area (Å²) < 4.78 is 19.0. The van der Waals surface area contributed by atoms with Gasteiger partial charge in [-0.05, 0) is 37.8 Å². The fraction of sp³-hybridized carbons (Fsp3) is 0.353. The lowest BCUT2D eigenvalue weighted by molar-refractivity contribution is -0.137. The maximum absolute atomic E-state index is 14.4. The van der Waals surface area contributed by atoms with Crippen molar-refractivity contribution in [1.82, 2.24) is 0 Å². The highest BCUT2D eigenvalue weighted by Gasteiger charge is 2.41. The van der Waals surface area contributed by atoms with Crippen molar-refractivity contribution in [1.29, 1.82) is 0 Å². The number of hydrogen-bond acceptors (Lipinski definition) is 5. The van der Waals surface area contributed by atoms with Crippen LogP contribution in [0.1, 0.15) is 25.7 Å². The summed E-state index contributed by atoms with van der Waals surface area (Å²) >= 11 is 7.07. The van der Waals surface area contributed by atoms with Gasteiger partial charge in [0.1, 0.15) is 5.82 Å². The Bertz CT molecular complexity index is 780. The number of amides is 2. The monoisotopic (exact) mass is 383 g/mol. The summed E-state index contributed by atoms with van der Waals surface area (Å²) in [6.07, 6.45) is 2.76. The van der Waals surface area contributed by atoms with Gasteiger partial charge in [0.15, 0.2) is 0 Å². The molecule has 1 aromatic rings. The summed E-state index contributed by atoms with van der Waals surface area (Å²) in [4.78, 5) is 37.7. The molecule has 5 nitrogen and oxygen atoms in total. The Hall–Kier alpha value is -1.86. The van der Waals surface area contributed by atoms with Crippen molar-refractivity contribution in [3.05, 3.63) is 34.1 Å². The quantitative estimate of drug-likeness (QED) is 0.452. The summed E-state index contributed by atoms with van der Waals surface area (Å²) in [5.74, 6) is -2.17. The Morgan fingerprint density at radius 2 is 1.84 bits per heavy atom. The lowest BCUT2D eigenvalue weighted by Gasteiger charge is -2.17. The van der Waals surface area contributed by atoms with Gasteiger partial charge in [-0.25, -0.2) is 9.29 Å². The number of nitrogens with zero attached hydrogens (tertiary/aromatic N) is 1. The third kappa shape index (κ3) is 3.30. The molecule has 0 unspecified atom stereocenters. The Balaban J connectivity index is 1.93. The second-order valence-corrected chi connectivity index (χ2v) is 7.13. The predicted octanol–water partition coefficient (Wildman–Crippen LogP) is 3.49. The van der Waals surface area contributed by atoms with Crippen molar-refractivity contribution >= 4 is 46.8 Å². The van der Waals surface area contributed by atoms with E-state index in [-0.39, 0.29) is 16.5 Å². The van der Waals surface area contributed by atoms with Crippen LogP contribution < -0.4 is 4.90 Å². The molecule has 2 aliphatic rings. The molecule has 0 saturated heterocycles. The summed E-state index contributed by atoms with van der Waals surface area (Å²) in [6.45, 7) is 0. The van der Waals surface area contributed by atoms with Gasteiger partial charge in [0.05, 0.1) is 23.6 Å². The molecule has 0 atom stereocenters. The molecule has 25 heavy (non-hydrogen) atoms. The third-order valence-corrected chi connectivity index (χ3v) is 5.66. The average Bonchev–Trinajstić information content (AvgIpc) is 2.86. The first-order chi connectivity index (χ1) is 11.9. The van der Waals surface area contributed by atoms with Crippen LogP contribution in [0, 0.1) is 5.82 Å². The molecule has 0 aromatic heterocycles. The zero-order chi connectivity index (χ0) is 18.1. The van der Waals surface area contributed by atoms with Gasteiger partial charge in [-0.2, -0.15) is 0 Å². The molecule has 1 aliphatic carbocycles. The number of methoxy groups -OCH3 is 1. The van der Waals surface area contributed by atoms with Crippen LogP contribution in [0.5, 0.6) is 0 Å². The molecule has 8 heteroatoms. The number of thioether (sulfide) groups is 1. The number of ether oxygens (including phenoxy) is 1. The standard InChI is InChI=1S/C17H15ClFNO4S/c1-24-15(21)8-25-14-7-13(12(19)6-11(14)18)20-16(22)9-4-2-3-5-10(9)17(20)23/h6-7H,2-5,8H2,1H3. The van der Waals surface area contributed by atoms with Crippen molar-refractivity contribution in [2.45, 2.75) is 30.6 Å². The van der Waals surface area contributed by atoms with Crippen LogP contribution in [-0.4, -0.2) is 30.6 Å². The van der Waals surface area contributed by atoms with Crippen LogP contribution in [0.25, 0.3) is 0 Å². The maximum atomic E-state index is 14.4. The number of hydrogen-bond donors (Lipinski definition) is 0. The highest BCUT2D eigenvalue weighted by atomic mass is 35.5. The Morgan fingerprint density at radius 1 is 1.24 bits per heavy atom. The second-order valence-electron chi connectivity index (χ2n) is 5.71. The zero-order valence-electron chi connectivity index (χ0n) is 13.4. The minimum absolute atomic E-state index is 0.0159. The van der Waals surface area contributed by atoms with E-state index in [0.29, 0.717) is 28.9 Å². The molecule has 0 bridgehead atoms. The topological polar surface area (TPSA) is 63.7 Å². The molecule has 1 aromatic carbocycles. The summed E-state index contributed by atoms with van der Waals surface area (Å²) in [5, 5.41) is 0.104. The van der Waals surface area contributed by atoms with Crippen LogP contribution in [0.15, 0.2) is 28.2 Å². The number of imide groups is 1. The van der Waals surface area contributed by atoms with E-state index in [2.05, 4.69) is 4.74 Å². The summed E-state index contributed by atoms with van der Waals surface area (Å²) in [6, 6.07) is 2.38. The van der Waals surface area contributed by atoms with Crippen LogP contribution in [-0.2, 0) is 19.1 Å². The Labute approximate surface area is 153 Å². The van der Waals surface area contributed by atoms with Gasteiger partial charge < -0.3 is 4.74 Å². The normalized spacial score (nSPS) is 17.2. The average molecular weight is 384 g/mol. The zero-order valence-corrected chi connectivity index (χ0v) is 15.0. The van der Waals surface area contributed by atoms with Crippen LogP contribution >= 0.6 is 23.4 Å². The molecule has 0 saturated carbocycles. The van der Waals surface area contributed by atoms with Gasteiger partial charge in [-0.1, -0.05) is 11.6 Å². The molecule has 2 amide bonds. The van der Waals surface area contributed by atoms with Crippen molar-refractivity contribution in [3.63, 3.8) is 0 Å². The van der Waals surface area contributed by atoms with E-state index in [9.17, 15) is 18.8 Å². The highest BCUT2D eigenvalue weighted by molar-refractivity contribution is 8.00. The molecule has 132 valence electrons. The molecule has 0 radical (unpaired) electrons. The number of anilines is 1. The van der Waals surface area contributed by atoms with Gasteiger partial charge in [-0.15, -0.1) is 11.8 Å². The van der Waals surface area contributed by atoms with Gasteiger partial charge in [0, 0.05) is 16.0 Å². The molecule has 0 N–H and O–H groups in total. The van der Waals surface area contributed by atoms with E-state index in [1.54, 1.807) is 0 Å². The van der Waals surface area contributed by atoms with Crippen molar-refractivity contribution in [2.75, 3.05) is 17.8 Å². The van der Waals surface area contributed by atoms with Crippen molar-refractivity contribution in [3.8, 4) is 0 Å². The second kappa shape index (κ2) is 7.17. The Kier molecular flexibility index (Phi) is 5.15. The summed E-state index contributed by atoms with van der Waals surface area (Å²) in [5.41, 5.74) is 0.824. The number of carbonyl (C=O) groups is 3.